The molecule has 0 radical (unpaired) electrons. The molecule has 8 nitrogen and oxygen atoms in total. The molecule has 1 amide bonds. The van der Waals surface area contributed by atoms with Crippen molar-refractivity contribution in [1.29, 1.82) is 0 Å². The second kappa shape index (κ2) is 10.5. The summed E-state index contributed by atoms with van der Waals surface area (Å²) in [5, 5.41) is 12.5. The summed E-state index contributed by atoms with van der Waals surface area (Å²) in [6.45, 7) is 7.34. The minimum Gasteiger partial charge on any atom is -0.379 e. The van der Waals surface area contributed by atoms with Crippen molar-refractivity contribution < 1.29 is 9.53 Å². The molecule has 33 heavy (non-hydrogen) atoms. The molecule has 0 atom stereocenters. The number of benzene rings is 1. The molecule has 1 N–H and O–H groups in total. The lowest BCUT2D eigenvalue weighted by Crippen LogP contribution is -2.37. The van der Waals surface area contributed by atoms with E-state index in [1.54, 1.807) is 4.57 Å². The molecule has 1 aliphatic rings. The van der Waals surface area contributed by atoms with Gasteiger partial charge in [0.15, 0.2) is 0 Å². The zero-order valence-corrected chi connectivity index (χ0v) is 19.9. The van der Waals surface area contributed by atoms with Crippen LogP contribution in [0.1, 0.15) is 65.1 Å². The number of hydrogen-bond donors (Lipinski definition) is 1. The normalized spacial score (nSPS) is 18.9. The predicted molar refractivity (Wildman–Crippen MR) is 128 cm³/mol. The first kappa shape index (κ1) is 23.4. The van der Waals surface area contributed by atoms with Crippen LogP contribution in [0.5, 0.6) is 0 Å². The van der Waals surface area contributed by atoms with E-state index in [2.05, 4.69) is 22.4 Å². The fourth-order valence-electron chi connectivity index (χ4n) is 4.65. The van der Waals surface area contributed by atoms with Gasteiger partial charge in [-0.25, -0.2) is 0 Å². The van der Waals surface area contributed by atoms with Crippen LogP contribution in [-0.4, -0.2) is 43.8 Å². The molecule has 1 aliphatic carbocycles. The molecule has 0 unspecified atom stereocenters. The number of nitrogens with zero attached hydrogens (tertiary/aromatic N) is 4. The Bertz CT molecular complexity index is 1160. The summed E-state index contributed by atoms with van der Waals surface area (Å²) >= 11 is 0. The lowest BCUT2D eigenvalue weighted by atomic mass is 9.87. The van der Waals surface area contributed by atoms with Crippen molar-refractivity contribution in [3.05, 3.63) is 40.4 Å². The van der Waals surface area contributed by atoms with Gasteiger partial charge >= 0.3 is 0 Å². The molecule has 3 aromatic rings. The van der Waals surface area contributed by atoms with Gasteiger partial charge in [-0.15, -0.1) is 10.2 Å². The number of aromatic nitrogens is 4. The fourth-order valence-corrected chi connectivity index (χ4v) is 4.65. The van der Waals surface area contributed by atoms with Gasteiger partial charge in [-0.05, 0) is 64.0 Å². The summed E-state index contributed by atoms with van der Waals surface area (Å²) in [6, 6.07) is 7.79. The summed E-state index contributed by atoms with van der Waals surface area (Å²) in [7, 11) is 0. The Kier molecular flexibility index (Phi) is 7.42. The summed E-state index contributed by atoms with van der Waals surface area (Å²) in [4.78, 5) is 25.8. The van der Waals surface area contributed by atoms with Crippen LogP contribution in [0.4, 0.5) is 0 Å². The molecule has 178 valence electrons. The van der Waals surface area contributed by atoms with Gasteiger partial charge in [0.2, 0.25) is 11.7 Å². The Morgan fingerprint density at radius 2 is 1.94 bits per heavy atom. The number of amides is 1. The zero-order valence-electron chi connectivity index (χ0n) is 19.9. The van der Waals surface area contributed by atoms with E-state index in [0.717, 1.165) is 24.3 Å². The quantitative estimate of drug-likeness (QED) is 0.501. The van der Waals surface area contributed by atoms with Crippen molar-refractivity contribution in [3.63, 3.8) is 0 Å². The van der Waals surface area contributed by atoms with Crippen molar-refractivity contribution in [2.75, 3.05) is 6.61 Å². The molecule has 2 aromatic heterocycles. The number of carbonyl (C=O) groups excluding carboxylic acids is 1. The van der Waals surface area contributed by atoms with E-state index in [0.29, 0.717) is 49.4 Å². The smallest absolute Gasteiger partial charge is 0.262 e. The Hall–Kier alpha value is -2.74. The first-order valence-corrected chi connectivity index (χ1v) is 12.2. The Labute approximate surface area is 194 Å². The minimum atomic E-state index is -0.0779. The van der Waals surface area contributed by atoms with Crippen LogP contribution < -0.4 is 10.9 Å². The molecule has 1 aromatic carbocycles. The second-order valence-corrected chi connectivity index (χ2v) is 9.52. The SMILES string of the molecule is CC1CCC(NC(=O)CCc2nnc3n(CCCOC(C)C)c(=O)c4ccccc4n23)CC1. The highest BCUT2D eigenvalue weighted by molar-refractivity contribution is 5.80. The van der Waals surface area contributed by atoms with Gasteiger partial charge in [0, 0.05) is 32.0 Å². The Balaban J connectivity index is 1.54. The van der Waals surface area contributed by atoms with E-state index < -0.39 is 0 Å². The minimum absolute atomic E-state index is 0.0507. The lowest BCUT2D eigenvalue weighted by molar-refractivity contribution is -0.122. The van der Waals surface area contributed by atoms with Gasteiger partial charge in [-0.3, -0.25) is 18.6 Å². The molecular formula is C25H35N5O3. The molecule has 0 bridgehead atoms. The number of para-hydroxylation sites is 1. The van der Waals surface area contributed by atoms with Crippen LogP contribution in [0.3, 0.4) is 0 Å². The predicted octanol–water partition coefficient (Wildman–Crippen LogP) is 3.49. The average Bonchev–Trinajstić information content (AvgIpc) is 3.22. The third-order valence-corrected chi connectivity index (χ3v) is 6.51. The van der Waals surface area contributed by atoms with Gasteiger partial charge in [-0.2, -0.15) is 0 Å². The third kappa shape index (κ3) is 5.43. The summed E-state index contributed by atoms with van der Waals surface area (Å²) < 4.78 is 9.24. The van der Waals surface area contributed by atoms with Crippen LogP contribution in [0.15, 0.2) is 29.1 Å². The van der Waals surface area contributed by atoms with Crippen molar-refractivity contribution >= 4 is 22.6 Å². The Morgan fingerprint density at radius 1 is 1.18 bits per heavy atom. The first-order valence-electron chi connectivity index (χ1n) is 12.2. The second-order valence-electron chi connectivity index (χ2n) is 9.52. The maximum absolute atomic E-state index is 13.2. The molecule has 4 rings (SSSR count). The van der Waals surface area contributed by atoms with E-state index >= 15 is 0 Å². The topological polar surface area (TPSA) is 90.5 Å². The molecule has 0 spiro atoms. The van der Waals surface area contributed by atoms with Crippen LogP contribution in [0.2, 0.25) is 0 Å². The van der Waals surface area contributed by atoms with E-state index in [9.17, 15) is 9.59 Å². The van der Waals surface area contributed by atoms with Crippen LogP contribution in [0, 0.1) is 5.92 Å². The van der Waals surface area contributed by atoms with E-state index in [-0.39, 0.29) is 23.6 Å². The van der Waals surface area contributed by atoms with Crippen molar-refractivity contribution in [3.8, 4) is 0 Å². The fraction of sp³-hybridized carbons (Fsp3) is 0.600. The maximum Gasteiger partial charge on any atom is 0.262 e. The number of hydrogen-bond acceptors (Lipinski definition) is 5. The summed E-state index contributed by atoms with van der Waals surface area (Å²) in [5.41, 5.74) is 0.694. The number of ether oxygens (including phenoxy) is 1. The summed E-state index contributed by atoms with van der Waals surface area (Å²) in [6.07, 6.45) is 6.13. The van der Waals surface area contributed by atoms with Crippen LogP contribution >= 0.6 is 0 Å². The van der Waals surface area contributed by atoms with Crippen molar-refractivity contribution in [2.45, 2.75) is 84.4 Å². The number of rotatable bonds is 9. The maximum atomic E-state index is 13.2. The van der Waals surface area contributed by atoms with Gasteiger partial charge in [0.05, 0.1) is 17.0 Å². The van der Waals surface area contributed by atoms with Gasteiger partial charge < -0.3 is 10.1 Å². The number of nitrogens with one attached hydrogen (secondary N) is 1. The monoisotopic (exact) mass is 453 g/mol. The Morgan fingerprint density at radius 3 is 2.70 bits per heavy atom. The van der Waals surface area contributed by atoms with Gasteiger partial charge in [0.25, 0.3) is 5.56 Å². The highest BCUT2D eigenvalue weighted by Gasteiger charge is 2.21. The van der Waals surface area contributed by atoms with Crippen LogP contribution in [-0.2, 0) is 22.5 Å². The van der Waals surface area contributed by atoms with Crippen molar-refractivity contribution in [1.82, 2.24) is 24.5 Å². The number of carbonyl (C=O) groups is 1. The van der Waals surface area contributed by atoms with E-state index in [1.807, 2.05) is 42.5 Å². The third-order valence-electron chi connectivity index (χ3n) is 6.51. The van der Waals surface area contributed by atoms with Gasteiger partial charge in [-0.1, -0.05) is 19.1 Å². The standard InChI is InChI=1S/C25H35N5O3/c1-17(2)33-16-6-15-29-24(32)20-7-4-5-8-21(20)30-22(27-28-25(29)30)13-14-23(31)26-19-11-9-18(3)10-12-19/h4-5,7-8,17-19H,6,9-16H2,1-3H3,(H,26,31). The van der Waals surface area contributed by atoms with Crippen LogP contribution in [0.25, 0.3) is 16.7 Å². The molecular weight excluding hydrogens is 418 g/mol. The molecule has 2 heterocycles. The highest BCUT2D eigenvalue weighted by Crippen LogP contribution is 2.23. The molecule has 1 fully saturated rings. The average molecular weight is 454 g/mol. The zero-order chi connectivity index (χ0) is 23.4. The lowest BCUT2D eigenvalue weighted by Gasteiger charge is -2.26. The molecule has 0 aliphatic heterocycles. The van der Waals surface area contributed by atoms with E-state index in [1.165, 1.54) is 12.8 Å². The number of aryl methyl sites for hydroxylation is 2. The number of fused-ring (bicyclic) bond motifs is 3. The summed E-state index contributed by atoms with van der Waals surface area (Å²) in [5.74, 6) is 2.01. The van der Waals surface area contributed by atoms with Gasteiger partial charge in [0.1, 0.15) is 5.82 Å². The highest BCUT2D eigenvalue weighted by atomic mass is 16.5. The molecule has 0 saturated heterocycles. The largest absolute Gasteiger partial charge is 0.379 e. The molecule has 1 saturated carbocycles. The molecule has 8 heteroatoms. The van der Waals surface area contributed by atoms with E-state index in [4.69, 9.17) is 4.74 Å². The van der Waals surface area contributed by atoms with Crippen molar-refractivity contribution in [2.24, 2.45) is 5.92 Å². The first-order chi connectivity index (χ1) is 15.9.